The Bertz CT molecular complexity index is 383. The van der Waals surface area contributed by atoms with E-state index in [2.05, 4.69) is 0 Å². The van der Waals surface area contributed by atoms with Crippen molar-refractivity contribution in [2.75, 3.05) is 25.2 Å². The lowest BCUT2D eigenvalue weighted by Crippen LogP contribution is -2.41. The minimum Gasteiger partial charge on any atom is -0.304 e. The summed E-state index contributed by atoms with van der Waals surface area (Å²) in [4.78, 5) is 7.05. The lowest BCUT2D eigenvalue weighted by atomic mass is 10.3. The fourth-order valence-electron chi connectivity index (χ4n) is 1.96. The van der Waals surface area contributed by atoms with E-state index >= 15 is 0 Å². The lowest BCUT2D eigenvalue weighted by molar-refractivity contribution is -0.202. The van der Waals surface area contributed by atoms with Crippen LogP contribution in [0.4, 0.5) is 18.9 Å². The topological polar surface area (TPSA) is 15.7 Å². The zero-order valence-corrected chi connectivity index (χ0v) is 10.0. The Hall–Kier alpha value is -1.27. The third-order valence-corrected chi connectivity index (χ3v) is 2.82. The molecule has 0 saturated carbocycles. The number of alkyl halides is 3. The summed E-state index contributed by atoms with van der Waals surface area (Å²) < 4.78 is 38.8. The predicted octanol–water partition coefficient (Wildman–Crippen LogP) is 2.65. The van der Waals surface area contributed by atoms with Gasteiger partial charge in [-0.05, 0) is 25.6 Å². The molecular weight excluding hydrogens is 245 g/mol. The van der Waals surface area contributed by atoms with Crippen LogP contribution in [0.1, 0.15) is 6.42 Å². The van der Waals surface area contributed by atoms with Gasteiger partial charge in [0.25, 0.3) is 0 Å². The number of anilines is 1. The summed E-state index contributed by atoms with van der Waals surface area (Å²) in [6.45, 7) is 1.27. The van der Waals surface area contributed by atoms with Crippen LogP contribution in [0.3, 0.4) is 0 Å². The molecule has 0 aliphatic carbocycles. The highest BCUT2D eigenvalue weighted by Gasteiger charge is 2.41. The Morgan fingerprint density at radius 1 is 1.28 bits per heavy atom. The van der Waals surface area contributed by atoms with Gasteiger partial charge >= 0.3 is 6.30 Å². The average Bonchev–Trinajstić information content (AvgIpc) is 2.72. The van der Waals surface area contributed by atoms with Crippen LogP contribution in [0.2, 0.25) is 0 Å². The van der Waals surface area contributed by atoms with Gasteiger partial charge in [0.2, 0.25) is 0 Å². The highest BCUT2D eigenvalue weighted by Crippen LogP contribution is 2.30. The van der Waals surface area contributed by atoms with E-state index in [0.29, 0.717) is 13.0 Å². The zero-order valence-electron chi connectivity index (χ0n) is 10.0. The van der Waals surface area contributed by atoms with Crippen molar-refractivity contribution in [2.24, 2.45) is 0 Å². The van der Waals surface area contributed by atoms with Crippen LogP contribution in [0.15, 0.2) is 30.3 Å². The first-order valence-electron chi connectivity index (χ1n) is 5.74. The Morgan fingerprint density at radius 3 is 2.44 bits per heavy atom. The van der Waals surface area contributed by atoms with Gasteiger partial charge in [-0.2, -0.15) is 5.06 Å². The minimum atomic E-state index is -4.54. The van der Waals surface area contributed by atoms with Crippen molar-refractivity contribution >= 4 is 5.69 Å². The molecule has 2 rings (SSSR count). The summed E-state index contributed by atoms with van der Waals surface area (Å²) >= 11 is 0. The molecule has 0 bridgehead atoms. The second-order valence-corrected chi connectivity index (χ2v) is 4.38. The van der Waals surface area contributed by atoms with Crippen molar-refractivity contribution in [3.8, 4) is 0 Å². The van der Waals surface area contributed by atoms with Gasteiger partial charge in [0, 0.05) is 13.1 Å². The standard InChI is InChI=1S/C12H15F3N2O/c1-16-8-7-11(9-16)18-17(12(13,14)15)10-5-3-2-4-6-10/h2-6,11H,7-9H2,1H3. The first kappa shape index (κ1) is 13.2. The van der Waals surface area contributed by atoms with Gasteiger partial charge in [-0.15, -0.1) is 13.2 Å². The van der Waals surface area contributed by atoms with Crippen LogP contribution in [-0.4, -0.2) is 37.4 Å². The Balaban J connectivity index is 2.12. The molecule has 1 aromatic rings. The largest absolute Gasteiger partial charge is 0.508 e. The van der Waals surface area contributed by atoms with Crippen LogP contribution in [0.5, 0.6) is 0 Å². The Labute approximate surface area is 104 Å². The van der Waals surface area contributed by atoms with Gasteiger partial charge in [0.1, 0.15) is 0 Å². The number of rotatable bonds is 3. The molecule has 100 valence electrons. The number of hydrogen-bond acceptors (Lipinski definition) is 3. The molecular formula is C12H15F3N2O. The molecule has 1 saturated heterocycles. The second kappa shape index (κ2) is 5.16. The fourth-order valence-corrected chi connectivity index (χ4v) is 1.96. The third-order valence-electron chi connectivity index (χ3n) is 2.82. The zero-order chi connectivity index (χ0) is 13.2. The molecule has 0 aromatic heterocycles. The number of likely N-dealkylation sites (tertiary alicyclic amines) is 1. The van der Waals surface area contributed by atoms with Gasteiger partial charge in [-0.1, -0.05) is 18.2 Å². The van der Waals surface area contributed by atoms with Crippen molar-refractivity contribution in [2.45, 2.75) is 18.8 Å². The molecule has 0 N–H and O–H groups in total. The van der Waals surface area contributed by atoms with Crippen LogP contribution in [-0.2, 0) is 4.84 Å². The van der Waals surface area contributed by atoms with Crippen LogP contribution < -0.4 is 5.06 Å². The molecule has 0 amide bonds. The average molecular weight is 260 g/mol. The van der Waals surface area contributed by atoms with Gasteiger partial charge in [0.05, 0.1) is 11.8 Å². The number of halogens is 3. The van der Waals surface area contributed by atoms with Crippen molar-refractivity contribution in [3.05, 3.63) is 30.3 Å². The first-order chi connectivity index (χ1) is 8.47. The van der Waals surface area contributed by atoms with Crippen molar-refractivity contribution < 1.29 is 18.0 Å². The van der Waals surface area contributed by atoms with E-state index in [1.54, 1.807) is 18.2 Å². The maximum Gasteiger partial charge on any atom is 0.508 e. The van der Waals surface area contributed by atoms with E-state index in [0.717, 1.165) is 6.54 Å². The van der Waals surface area contributed by atoms with Crippen molar-refractivity contribution in [1.82, 2.24) is 4.90 Å². The van der Waals surface area contributed by atoms with Gasteiger partial charge in [0.15, 0.2) is 0 Å². The molecule has 1 fully saturated rings. The molecule has 18 heavy (non-hydrogen) atoms. The normalized spacial score (nSPS) is 21.2. The van der Waals surface area contributed by atoms with Crippen LogP contribution in [0.25, 0.3) is 0 Å². The molecule has 1 atom stereocenters. The molecule has 1 aromatic carbocycles. The van der Waals surface area contributed by atoms with E-state index in [-0.39, 0.29) is 10.8 Å². The molecule has 6 heteroatoms. The highest BCUT2D eigenvalue weighted by atomic mass is 19.4. The summed E-state index contributed by atoms with van der Waals surface area (Å²) in [5.41, 5.74) is -0.000414. The minimum absolute atomic E-state index is 0.000414. The number of para-hydroxylation sites is 1. The molecule has 3 nitrogen and oxygen atoms in total. The highest BCUT2D eigenvalue weighted by molar-refractivity contribution is 5.44. The molecule has 1 heterocycles. The SMILES string of the molecule is CN1CCC(ON(c2ccccc2)C(F)(F)F)C1. The Morgan fingerprint density at radius 2 is 1.94 bits per heavy atom. The monoisotopic (exact) mass is 260 g/mol. The quantitative estimate of drug-likeness (QED) is 0.614. The van der Waals surface area contributed by atoms with Crippen LogP contribution >= 0.6 is 0 Å². The first-order valence-corrected chi connectivity index (χ1v) is 5.74. The lowest BCUT2D eigenvalue weighted by Gasteiger charge is -2.28. The van der Waals surface area contributed by atoms with E-state index < -0.39 is 12.4 Å². The summed E-state index contributed by atoms with van der Waals surface area (Å²) in [7, 11) is 1.86. The molecule has 1 unspecified atom stereocenters. The van der Waals surface area contributed by atoms with Gasteiger partial charge in [-0.25, -0.2) is 0 Å². The summed E-state index contributed by atoms with van der Waals surface area (Å²) in [6, 6.07) is 7.54. The number of hydroxylamine groups is 1. The second-order valence-electron chi connectivity index (χ2n) is 4.38. The van der Waals surface area contributed by atoms with Gasteiger partial charge < -0.3 is 4.90 Å². The maximum atomic E-state index is 12.9. The van der Waals surface area contributed by atoms with E-state index in [9.17, 15) is 13.2 Å². The molecule has 0 radical (unpaired) electrons. The summed E-state index contributed by atoms with van der Waals surface area (Å²) in [5.74, 6) is 0. The Kier molecular flexibility index (Phi) is 3.77. The van der Waals surface area contributed by atoms with Crippen molar-refractivity contribution in [1.29, 1.82) is 0 Å². The predicted molar refractivity (Wildman–Crippen MR) is 62.0 cm³/mol. The molecule has 1 aliphatic heterocycles. The number of hydrogen-bond donors (Lipinski definition) is 0. The number of nitrogens with zero attached hydrogens (tertiary/aromatic N) is 2. The smallest absolute Gasteiger partial charge is 0.304 e. The summed E-state index contributed by atoms with van der Waals surface area (Å²) in [5, 5.41) is 0.0524. The third kappa shape index (κ3) is 3.14. The van der Waals surface area contributed by atoms with E-state index in [1.165, 1.54) is 12.1 Å². The molecule has 1 aliphatic rings. The van der Waals surface area contributed by atoms with Crippen LogP contribution in [0, 0.1) is 0 Å². The number of likely N-dealkylation sites (N-methyl/N-ethyl adjacent to an activating group) is 1. The van der Waals surface area contributed by atoms with Gasteiger partial charge in [-0.3, -0.25) is 4.84 Å². The van der Waals surface area contributed by atoms with Crippen molar-refractivity contribution in [3.63, 3.8) is 0 Å². The molecule has 0 spiro atoms. The van der Waals surface area contributed by atoms with E-state index in [1.807, 2.05) is 11.9 Å². The summed E-state index contributed by atoms with van der Waals surface area (Å²) in [6.07, 6.45) is -4.35. The maximum absolute atomic E-state index is 12.9. The number of benzene rings is 1. The fraction of sp³-hybridized carbons (Fsp3) is 0.500. The van der Waals surface area contributed by atoms with E-state index in [4.69, 9.17) is 4.84 Å².